The van der Waals surface area contributed by atoms with Crippen molar-refractivity contribution in [1.82, 2.24) is 10.6 Å². The Hall–Kier alpha value is -1.62. The summed E-state index contributed by atoms with van der Waals surface area (Å²) in [6, 6.07) is 6.55. The first-order valence-corrected chi connectivity index (χ1v) is 7.06. The zero-order valence-electron chi connectivity index (χ0n) is 11.7. The molecule has 5 heteroatoms. The summed E-state index contributed by atoms with van der Waals surface area (Å²) in [6.45, 7) is 3.17. The molecule has 0 radical (unpaired) electrons. The van der Waals surface area contributed by atoms with Crippen molar-refractivity contribution >= 4 is 5.91 Å². The van der Waals surface area contributed by atoms with Gasteiger partial charge in [0.15, 0.2) is 11.6 Å². The molecule has 1 saturated heterocycles. The Morgan fingerprint density at radius 2 is 2.35 bits per heavy atom. The molecule has 2 unspecified atom stereocenters. The molecule has 1 aromatic carbocycles. The molecule has 0 spiro atoms. The van der Waals surface area contributed by atoms with E-state index in [0.29, 0.717) is 13.0 Å². The predicted molar refractivity (Wildman–Crippen MR) is 75.1 cm³/mol. The largest absolute Gasteiger partial charge is 0.486 e. The summed E-state index contributed by atoms with van der Waals surface area (Å²) in [5.74, 6) is -0.166. The molecule has 1 aliphatic rings. The van der Waals surface area contributed by atoms with E-state index in [1.165, 1.54) is 6.07 Å². The number of carbonyl (C=O) groups is 1. The van der Waals surface area contributed by atoms with Crippen LogP contribution in [0.5, 0.6) is 5.75 Å². The fraction of sp³-hybridized carbons (Fsp3) is 0.533. The van der Waals surface area contributed by atoms with E-state index in [0.717, 1.165) is 19.4 Å². The number of halogens is 1. The first kappa shape index (κ1) is 14.8. The summed E-state index contributed by atoms with van der Waals surface area (Å²) < 4.78 is 18.9. The van der Waals surface area contributed by atoms with E-state index >= 15 is 0 Å². The molecule has 2 rings (SSSR count). The van der Waals surface area contributed by atoms with Gasteiger partial charge in [0.25, 0.3) is 0 Å². The van der Waals surface area contributed by atoms with Crippen LogP contribution >= 0.6 is 0 Å². The highest BCUT2D eigenvalue weighted by molar-refractivity contribution is 5.76. The molecule has 0 aromatic heterocycles. The van der Waals surface area contributed by atoms with Crippen LogP contribution in [0.1, 0.15) is 26.2 Å². The second kappa shape index (κ2) is 7.24. The lowest BCUT2D eigenvalue weighted by molar-refractivity contribution is -0.121. The summed E-state index contributed by atoms with van der Waals surface area (Å²) in [4.78, 5) is 11.7. The Morgan fingerprint density at radius 1 is 1.55 bits per heavy atom. The fourth-order valence-corrected chi connectivity index (χ4v) is 2.28. The molecule has 1 aliphatic heterocycles. The highest BCUT2D eigenvalue weighted by atomic mass is 19.1. The van der Waals surface area contributed by atoms with E-state index in [1.54, 1.807) is 25.1 Å². The predicted octanol–water partition coefficient (Wildman–Crippen LogP) is 1.85. The number of nitrogens with one attached hydrogen (secondary N) is 2. The third kappa shape index (κ3) is 4.49. The maximum atomic E-state index is 13.4. The Kier molecular flexibility index (Phi) is 5.35. The lowest BCUT2D eigenvalue weighted by Crippen LogP contribution is -2.37. The van der Waals surface area contributed by atoms with E-state index < -0.39 is 0 Å². The number of hydrogen-bond donors (Lipinski definition) is 2. The maximum absolute atomic E-state index is 13.4. The average molecular weight is 280 g/mol. The van der Waals surface area contributed by atoms with Gasteiger partial charge in [0, 0.05) is 12.5 Å². The summed E-state index contributed by atoms with van der Waals surface area (Å²) in [5.41, 5.74) is 0. The number of benzene rings is 1. The average Bonchev–Trinajstić information content (AvgIpc) is 2.92. The minimum absolute atomic E-state index is 0.00776. The van der Waals surface area contributed by atoms with Gasteiger partial charge in [-0.05, 0) is 38.4 Å². The van der Waals surface area contributed by atoms with Gasteiger partial charge >= 0.3 is 0 Å². The van der Waals surface area contributed by atoms with Gasteiger partial charge in [-0.2, -0.15) is 0 Å². The SMILES string of the molecule is CC(CNC(=O)CC1CCCN1)Oc1ccccc1F. The van der Waals surface area contributed by atoms with Gasteiger partial charge in [-0.25, -0.2) is 4.39 Å². The molecular weight excluding hydrogens is 259 g/mol. The molecule has 2 N–H and O–H groups in total. The number of para-hydroxylation sites is 1. The molecule has 1 amide bonds. The molecule has 4 nitrogen and oxygen atoms in total. The quantitative estimate of drug-likeness (QED) is 0.836. The minimum Gasteiger partial charge on any atom is -0.486 e. The van der Waals surface area contributed by atoms with Crippen molar-refractivity contribution < 1.29 is 13.9 Å². The monoisotopic (exact) mass is 280 g/mol. The molecular formula is C15H21FN2O2. The van der Waals surface area contributed by atoms with E-state index in [-0.39, 0.29) is 29.6 Å². The zero-order valence-corrected chi connectivity index (χ0v) is 11.7. The molecule has 1 heterocycles. The molecule has 110 valence electrons. The topological polar surface area (TPSA) is 50.4 Å². The standard InChI is InChI=1S/C15H21FN2O2/c1-11(20-14-7-3-2-6-13(14)16)10-18-15(19)9-12-5-4-8-17-12/h2-3,6-7,11-12,17H,4-5,8-10H2,1H3,(H,18,19). The van der Waals surface area contributed by atoms with Gasteiger partial charge in [-0.3, -0.25) is 4.79 Å². The van der Waals surface area contributed by atoms with Crippen LogP contribution in [0.25, 0.3) is 0 Å². The van der Waals surface area contributed by atoms with Crippen LogP contribution in [0, 0.1) is 5.82 Å². The lowest BCUT2D eigenvalue weighted by Gasteiger charge is -2.16. The number of amides is 1. The van der Waals surface area contributed by atoms with Crippen molar-refractivity contribution in [2.24, 2.45) is 0 Å². The second-order valence-corrected chi connectivity index (χ2v) is 5.16. The Balaban J connectivity index is 1.70. The van der Waals surface area contributed by atoms with Crippen molar-refractivity contribution in [3.8, 4) is 5.75 Å². The Morgan fingerprint density at radius 3 is 3.05 bits per heavy atom. The smallest absolute Gasteiger partial charge is 0.221 e. The first-order chi connectivity index (χ1) is 9.65. The van der Waals surface area contributed by atoms with Gasteiger partial charge in [-0.1, -0.05) is 12.1 Å². The molecule has 0 bridgehead atoms. The third-order valence-electron chi connectivity index (χ3n) is 3.35. The van der Waals surface area contributed by atoms with Gasteiger partial charge < -0.3 is 15.4 Å². The molecule has 1 aromatic rings. The molecule has 2 atom stereocenters. The van der Waals surface area contributed by atoms with E-state index in [4.69, 9.17) is 4.74 Å². The first-order valence-electron chi connectivity index (χ1n) is 7.06. The number of ether oxygens (including phenoxy) is 1. The molecule has 0 saturated carbocycles. The highest BCUT2D eigenvalue weighted by Crippen LogP contribution is 2.16. The normalized spacial score (nSPS) is 19.6. The fourth-order valence-electron chi connectivity index (χ4n) is 2.28. The van der Waals surface area contributed by atoms with Crippen molar-refractivity contribution in [3.05, 3.63) is 30.1 Å². The van der Waals surface area contributed by atoms with Gasteiger partial charge in [0.05, 0.1) is 6.54 Å². The summed E-state index contributed by atoms with van der Waals surface area (Å²) in [6.07, 6.45) is 2.40. The third-order valence-corrected chi connectivity index (χ3v) is 3.35. The van der Waals surface area contributed by atoms with Crippen molar-refractivity contribution in [1.29, 1.82) is 0 Å². The second-order valence-electron chi connectivity index (χ2n) is 5.16. The summed E-state index contributed by atoms with van der Waals surface area (Å²) in [5, 5.41) is 6.10. The van der Waals surface area contributed by atoms with Crippen LogP contribution in [-0.2, 0) is 4.79 Å². The van der Waals surface area contributed by atoms with Crippen LogP contribution < -0.4 is 15.4 Å². The van der Waals surface area contributed by atoms with Crippen LogP contribution in [0.4, 0.5) is 4.39 Å². The maximum Gasteiger partial charge on any atom is 0.221 e. The molecule has 1 fully saturated rings. The van der Waals surface area contributed by atoms with Gasteiger partial charge in [0.1, 0.15) is 6.10 Å². The zero-order chi connectivity index (χ0) is 14.4. The van der Waals surface area contributed by atoms with Gasteiger partial charge in [0.2, 0.25) is 5.91 Å². The minimum atomic E-state index is -0.388. The number of carbonyl (C=O) groups excluding carboxylic acids is 1. The van der Waals surface area contributed by atoms with E-state index in [2.05, 4.69) is 10.6 Å². The van der Waals surface area contributed by atoms with Crippen LogP contribution in [0.2, 0.25) is 0 Å². The van der Waals surface area contributed by atoms with Crippen molar-refractivity contribution in [2.45, 2.75) is 38.3 Å². The lowest BCUT2D eigenvalue weighted by atomic mass is 10.1. The molecule has 0 aliphatic carbocycles. The van der Waals surface area contributed by atoms with Crippen LogP contribution in [-0.4, -0.2) is 31.1 Å². The van der Waals surface area contributed by atoms with Crippen LogP contribution in [0.15, 0.2) is 24.3 Å². The van der Waals surface area contributed by atoms with E-state index in [9.17, 15) is 9.18 Å². The van der Waals surface area contributed by atoms with Crippen LogP contribution in [0.3, 0.4) is 0 Å². The highest BCUT2D eigenvalue weighted by Gasteiger charge is 2.18. The Bertz CT molecular complexity index is 447. The van der Waals surface area contributed by atoms with Gasteiger partial charge in [-0.15, -0.1) is 0 Å². The number of hydrogen-bond acceptors (Lipinski definition) is 3. The summed E-state index contributed by atoms with van der Waals surface area (Å²) in [7, 11) is 0. The summed E-state index contributed by atoms with van der Waals surface area (Å²) >= 11 is 0. The van der Waals surface area contributed by atoms with E-state index in [1.807, 2.05) is 0 Å². The van der Waals surface area contributed by atoms with Crippen molar-refractivity contribution in [2.75, 3.05) is 13.1 Å². The number of rotatable bonds is 6. The molecule has 20 heavy (non-hydrogen) atoms. The van der Waals surface area contributed by atoms with Crippen molar-refractivity contribution in [3.63, 3.8) is 0 Å². The Labute approximate surface area is 118 Å².